The maximum Gasteiger partial charge on any atom is 0.226 e. The Morgan fingerprint density at radius 1 is 1.43 bits per heavy atom. The van der Waals surface area contributed by atoms with E-state index in [-0.39, 0.29) is 18.2 Å². The first kappa shape index (κ1) is 17.9. The quantitative estimate of drug-likeness (QED) is 0.875. The van der Waals surface area contributed by atoms with Gasteiger partial charge in [0, 0.05) is 24.7 Å². The molecule has 0 aliphatic carbocycles. The molecule has 6 heteroatoms. The van der Waals surface area contributed by atoms with Crippen LogP contribution in [0.5, 0.6) is 0 Å². The van der Waals surface area contributed by atoms with E-state index in [1.54, 1.807) is 12.3 Å². The molecule has 1 fully saturated rings. The molecule has 126 valence electrons. The smallest absolute Gasteiger partial charge is 0.226 e. The summed E-state index contributed by atoms with van der Waals surface area (Å²) in [6.07, 6.45) is 3.98. The molecule has 1 aliphatic rings. The van der Waals surface area contributed by atoms with Gasteiger partial charge in [-0.3, -0.25) is 4.90 Å². The number of hydrogen-bond acceptors (Lipinski definition) is 4. The molecule has 0 bridgehead atoms. The van der Waals surface area contributed by atoms with Crippen molar-refractivity contribution in [3.63, 3.8) is 0 Å². The highest BCUT2D eigenvalue weighted by Gasteiger charge is 2.22. The maximum atomic E-state index is 13.3. The van der Waals surface area contributed by atoms with Crippen molar-refractivity contribution in [2.75, 3.05) is 19.6 Å². The largest absolute Gasteiger partial charge is 0.444 e. The molecule has 0 radical (unpaired) electrons. The summed E-state index contributed by atoms with van der Waals surface area (Å²) in [5.74, 6) is 0.206. The van der Waals surface area contributed by atoms with Crippen molar-refractivity contribution in [3.8, 4) is 11.5 Å². The van der Waals surface area contributed by atoms with Gasteiger partial charge in [0.15, 0.2) is 0 Å². The zero-order valence-electron chi connectivity index (χ0n) is 13.3. The van der Waals surface area contributed by atoms with Crippen LogP contribution < -0.4 is 5.32 Å². The second kappa shape index (κ2) is 8.43. The SMILES string of the molecule is CCCN(Cc1coc(-c2cccc(F)c2)n1)C1CCNC1.Cl. The lowest BCUT2D eigenvalue weighted by molar-refractivity contribution is 0.197. The van der Waals surface area contributed by atoms with Crippen LogP contribution in [0.3, 0.4) is 0 Å². The molecule has 1 aromatic carbocycles. The van der Waals surface area contributed by atoms with Crippen LogP contribution in [0.15, 0.2) is 34.9 Å². The molecule has 0 spiro atoms. The molecule has 1 aliphatic heterocycles. The summed E-state index contributed by atoms with van der Waals surface area (Å²) in [6.45, 7) is 6.14. The average Bonchev–Trinajstić information content (AvgIpc) is 3.18. The molecule has 0 saturated carbocycles. The van der Waals surface area contributed by atoms with E-state index in [4.69, 9.17) is 4.42 Å². The van der Waals surface area contributed by atoms with Gasteiger partial charge in [0.25, 0.3) is 0 Å². The number of rotatable bonds is 6. The van der Waals surface area contributed by atoms with E-state index in [1.165, 1.54) is 18.6 Å². The molecule has 0 amide bonds. The number of aromatic nitrogens is 1. The Labute approximate surface area is 142 Å². The van der Waals surface area contributed by atoms with Crippen LogP contribution in [-0.4, -0.2) is 35.6 Å². The minimum Gasteiger partial charge on any atom is -0.444 e. The molecule has 2 aromatic rings. The fraction of sp³-hybridized carbons (Fsp3) is 0.471. The van der Waals surface area contributed by atoms with Crippen molar-refractivity contribution in [2.45, 2.75) is 32.4 Å². The summed E-state index contributed by atoms with van der Waals surface area (Å²) in [5.41, 5.74) is 1.58. The van der Waals surface area contributed by atoms with Crippen LogP contribution >= 0.6 is 12.4 Å². The molecule has 4 nitrogen and oxygen atoms in total. The highest BCUT2D eigenvalue weighted by atomic mass is 35.5. The van der Waals surface area contributed by atoms with Crippen molar-refractivity contribution in [1.29, 1.82) is 0 Å². The minimum atomic E-state index is -0.276. The second-order valence-electron chi connectivity index (χ2n) is 5.77. The van der Waals surface area contributed by atoms with Crippen molar-refractivity contribution < 1.29 is 8.81 Å². The van der Waals surface area contributed by atoms with Crippen LogP contribution in [0.4, 0.5) is 4.39 Å². The van der Waals surface area contributed by atoms with Crippen LogP contribution in [0.1, 0.15) is 25.5 Å². The van der Waals surface area contributed by atoms with E-state index >= 15 is 0 Å². The van der Waals surface area contributed by atoms with E-state index in [9.17, 15) is 4.39 Å². The summed E-state index contributed by atoms with van der Waals surface area (Å²) < 4.78 is 18.8. The van der Waals surface area contributed by atoms with E-state index in [2.05, 4.69) is 22.1 Å². The molecule has 1 saturated heterocycles. The number of halogens is 2. The molecule has 2 heterocycles. The van der Waals surface area contributed by atoms with Crippen molar-refractivity contribution >= 4 is 12.4 Å². The van der Waals surface area contributed by atoms with Gasteiger partial charge in [-0.15, -0.1) is 12.4 Å². The van der Waals surface area contributed by atoms with Gasteiger partial charge in [0.2, 0.25) is 5.89 Å². The van der Waals surface area contributed by atoms with Gasteiger partial charge >= 0.3 is 0 Å². The minimum absolute atomic E-state index is 0. The third-order valence-electron chi connectivity index (χ3n) is 4.05. The highest BCUT2D eigenvalue weighted by molar-refractivity contribution is 5.85. The molecular formula is C17H23ClFN3O. The van der Waals surface area contributed by atoms with Gasteiger partial charge in [-0.05, 0) is 44.1 Å². The Kier molecular flexibility index (Phi) is 6.57. The summed E-state index contributed by atoms with van der Waals surface area (Å²) in [6, 6.07) is 6.91. The van der Waals surface area contributed by atoms with Crippen LogP contribution in [0, 0.1) is 5.82 Å². The molecule has 1 N–H and O–H groups in total. The lowest BCUT2D eigenvalue weighted by atomic mass is 10.2. The zero-order chi connectivity index (χ0) is 15.4. The Morgan fingerprint density at radius 3 is 3.00 bits per heavy atom. The predicted molar refractivity (Wildman–Crippen MR) is 91.1 cm³/mol. The van der Waals surface area contributed by atoms with Gasteiger partial charge in [0.05, 0.1) is 5.69 Å². The predicted octanol–water partition coefficient (Wildman–Crippen LogP) is 3.48. The Balaban J connectivity index is 0.00000192. The molecule has 3 rings (SSSR count). The Bertz CT molecular complexity index is 613. The first-order valence-electron chi connectivity index (χ1n) is 7.91. The number of benzene rings is 1. The average molecular weight is 340 g/mol. The van der Waals surface area contributed by atoms with Crippen LogP contribution in [-0.2, 0) is 6.54 Å². The lowest BCUT2D eigenvalue weighted by Gasteiger charge is -2.26. The van der Waals surface area contributed by atoms with Crippen molar-refractivity contribution in [3.05, 3.63) is 42.0 Å². The standard InChI is InChI=1S/C17H22FN3O.ClH/c1-2-8-21(16-6-7-19-10-16)11-15-12-22-17(20-15)13-4-3-5-14(18)9-13;/h3-5,9,12,16,19H,2,6-8,10-11H2,1H3;1H. The van der Waals surface area contributed by atoms with Crippen LogP contribution in [0.2, 0.25) is 0 Å². The molecule has 1 aromatic heterocycles. The van der Waals surface area contributed by atoms with Crippen molar-refractivity contribution in [1.82, 2.24) is 15.2 Å². The first-order chi connectivity index (χ1) is 10.8. The van der Waals surface area contributed by atoms with Gasteiger partial charge in [-0.25, -0.2) is 9.37 Å². The molecule has 1 atom stereocenters. The fourth-order valence-electron chi connectivity index (χ4n) is 2.97. The Morgan fingerprint density at radius 2 is 2.30 bits per heavy atom. The number of nitrogens with zero attached hydrogens (tertiary/aromatic N) is 2. The number of oxazole rings is 1. The first-order valence-corrected chi connectivity index (χ1v) is 7.91. The van der Waals surface area contributed by atoms with Gasteiger partial charge < -0.3 is 9.73 Å². The van der Waals surface area contributed by atoms with E-state index in [1.807, 2.05) is 6.07 Å². The molecule has 1 unspecified atom stereocenters. The topological polar surface area (TPSA) is 41.3 Å². The second-order valence-corrected chi connectivity index (χ2v) is 5.77. The highest BCUT2D eigenvalue weighted by Crippen LogP contribution is 2.21. The fourth-order valence-corrected chi connectivity index (χ4v) is 2.97. The summed E-state index contributed by atoms with van der Waals surface area (Å²) in [7, 11) is 0. The summed E-state index contributed by atoms with van der Waals surface area (Å²) >= 11 is 0. The molecule has 23 heavy (non-hydrogen) atoms. The van der Waals surface area contributed by atoms with Gasteiger partial charge in [-0.2, -0.15) is 0 Å². The zero-order valence-corrected chi connectivity index (χ0v) is 14.1. The number of hydrogen-bond donors (Lipinski definition) is 1. The number of nitrogens with one attached hydrogen (secondary N) is 1. The van der Waals surface area contributed by atoms with Crippen molar-refractivity contribution in [2.24, 2.45) is 0 Å². The summed E-state index contributed by atoms with van der Waals surface area (Å²) in [4.78, 5) is 6.97. The third-order valence-corrected chi connectivity index (χ3v) is 4.05. The van der Waals surface area contributed by atoms with E-state index in [0.717, 1.165) is 38.3 Å². The van der Waals surface area contributed by atoms with E-state index < -0.39 is 0 Å². The van der Waals surface area contributed by atoms with Crippen LogP contribution in [0.25, 0.3) is 11.5 Å². The summed E-state index contributed by atoms with van der Waals surface area (Å²) in [5, 5.41) is 3.41. The van der Waals surface area contributed by atoms with Gasteiger partial charge in [-0.1, -0.05) is 13.0 Å². The monoisotopic (exact) mass is 339 g/mol. The molecular weight excluding hydrogens is 317 g/mol. The third kappa shape index (κ3) is 4.53. The maximum absolute atomic E-state index is 13.3. The van der Waals surface area contributed by atoms with E-state index in [0.29, 0.717) is 17.5 Å². The normalized spacial score (nSPS) is 17.4. The van der Waals surface area contributed by atoms with Gasteiger partial charge in [0.1, 0.15) is 12.1 Å². The Hall–Kier alpha value is -1.43. The lowest BCUT2D eigenvalue weighted by Crippen LogP contribution is -2.37.